The number of hydrogen-bond donors (Lipinski definition) is 1. The molecule has 5 nitrogen and oxygen atoms in total. The summed E-state index contributed by atoms with van der Waals surface area (Å²) in [5, 5.41) is 3.42. The Bertz CT molecular complexity index is 1110. The maximum absolute atomic E-state index is 12.8. The fraction of sp³-hybridized carbons (Fsp3) is 0.0435. The van der Waals surface area contributed by atoms with Crippen molar-refractivity contribution in [3.05, 3.63) is 108 Å². The van der Waals surface area contributed by atoms with Gasteiger partial charge in [-0.3, -0.25) is 4.79 Å². The monoisotopic (exact) mass is 403 g/mol. The standard InChI is InChI=1S/C23H18ClN3O2/c24-21-14-18(10-11-22(21)27-13-12-25-16-27)26-23(28)20-9-5-4-6-17(20)15-29-19-7-2-1-3-8-19/h1-14,16H,15H2,(H,26,28). The first-order valence-corrected chi connectivity index (χ1v) is 9.43. The largest absolute Gasteiger partial charge is 0.489 e. The number of hydrogen-bond acceptors (Lipinski definition) is 3. The molecule has 0 aliphatic heterocycles. The third kappa shape index (κ3) is 4.47. The summed E-state index contributed by atoms with van der Waals surface area (Å²) in [4.78, 5) is 16.9. The van der Waals surface area contributed by atoms with Crippen molar-refractivity contribution in [2.75, 3.05) is 5.32 Å². The molecule has 4 aromatic rings. The van der Waals surface area contributed by atoms with Gasteiger partial charge in [-0.25, -0.2) is 4.98 Å². The Labute approximate surface area is 173 Å². The maximum Gasteiger partial charge on any atom is 0.256 e. The Kier molecular flexibility index (Phi) is 5.59. The number of ether oxygens (including phenoxy) is 1. The molecule has 0 fully saturated rings. The van der Waals surface area contributed by atoms with E-state index < -0.39 is 0 Å². The maximum atomic E-state index is 12.8. The van der Waals surface area contributed by atoms with E-state index in [-0.39, 0.29) is 5.91 Å². The van der Waals surface area contributed by atoms with Gasteiger partial charge >= 0.3 is 0 Å². The molecule has 0 unspecified atom stereocenters. The third-order valence-electron chi connectivity index (χ3n) is 4.39. The Morgan fingerprint density at radius 3 is 2.59 bits per heavy atom. The van der Waals surface area contributed by atoms with Gasteiger partial charge in [0, 0.05) is 29.2 Å². The van der Waals surface area contributed by atoms with Gasteiger partial charge in [0.15, 0.2) is 0 Å². The predicted molar refractivity (Wildman–Crippen MR) is 114 cm³/mol. The SMILES string of the molecule is O=C(Nc1ccc(-n2ccnc2)c(Cl)c1)c1ccccc1COc1ccccc1. The molecule has 6 heteroatoms. The molecule has 0 saturated heterocycles. The Balaban J connectivity index is 1.49. The van der Waals surface area contributed by atoms with Gasteiger partial charge in [-0.1, -0.05) is 48.0 Å². The number of carbonyl (C=O) groups excluding carboxylic acids is 1. The summed E-state index contributed by atoms with van der Waals surface area (Å²) < 4.78 is 7.61. The van der Waals surface area contributed by atoms with Gasteiger partial charge in [-0.2, -0.15) is 0 Å². The number of para-hydroxylation sites is 1. The van der Waals surface area contributed by atoms with E-state index in [0.29, 0.717) is 22.9 Å². The number of benzene rings is 3. The lowest BCUT2D eigenvalue weighted by Crippen LogP contribution is -2.15. The number of aromatic nitrogens is 2. The zero-order valence-electron chi connectivity index (χ0n) is 15.5. The molecular weight excluding hydrogens is 386 g/mol. The van der Waals surface area contributed by atoms with Gasteiger partial charge in [0.2, 0.25) is 0 Å². The summed E-state index contributed by atoms with van der Waals surface area (Å²) in [5.74, 6) is 0.535. The molecule has 0 saturated carbocycles. The second-order valence-corrected chi connectivity index (χ2v) is 6.76. The summed E-state index contributed by atoms with van der Waals surface area (Å²) >= 11 is 6.38. The van der Waals surface area contributed by atoms with Crippen LogP contribution < -0.4 is 10.1 Å². The van der Waals surface area contributed by atoms with Crippen LogP contribution in [-0.4, -0.2) is 15.5 Å². The fourth-order valence-electron chi connectivity index (χ4n) is 2.94. The lowest BCUT2D eigenvalue weighted by Gasteiger charge is -2.12. The highest BCUT2D eigenvalue weighted by Gasteiger charge is 2.13. The van der Waals surface area contributed by atoms with Crippen molar-refractivity contribution in [3.63, 3.8) is 0 Å². The lowest BCUT2D eigenvalue weighted by molar-refractivity contribution is 0.102. The first kappa shape index (κ1) is 18.8. The highest BCUT2D eigenvalue weighted by molar-refractivity contribution is 6.32. The van der Waals surface area contributed by atoms with Gasteiger partial charge in [0.05, 0.1) is 17.0 Å². The number of amides is 1. The van der Waals surface area contributed by atoms with E-state index >= 15 is 0 Å². The molecule has 1 heterocycles. The second-order valence-electron chi connectivity index (χ2n) is 6.35. The first-order chi connectivity index (χ1) is 14.2. The summed E-state index contributed by atoms with van der Waals surface area (Å²) in [6.45, 7) is 0.300. The average molecular weight is 404 g/mol. The number of carbonyl (C=O) groups is 1. The van der Waals surface area contributed by atoms with E-state index in [4.69, 9.17) is 16.3 Å². The van der Waals surface area contributed by atoms with Crippen LogP contribution in [0.2, 0.25) is 5.02 Å². The van der Waals surface area contributed by atoms with Crippen LogP contribution in [0.3, 0.4) is 0 Å². The fourth-order valence-corrected chi connectivity index (χ4v) is 3.22. The quantitative estimate of drug-likeness (QED) is 0.471. The first-order valence-electron chi connectivity index (χ1n) is 9.06. The van der Waals surface area contributed by atoms with Crippen molar-refractivity contribution >= 4 is 23.2 Å². The Hall–Kier alpha value is -3.57. The molecular formula is C23H18ClN3O2. The summed E-state index contributed by atoms with van der Waals surface area (Å²) in [5.41, 5.74) is 2.76. The molecule has 1 N–H and O–H groups in total. The molecule has 29 heavy (non-hydrogen) atoms. The lowest BCUT2D eigenvalue weighted by atomic mass is 10.1. The third-order valence-corrected chi connectivity index (χ3v) is 4.69. The smallest absolute Gasteiger partial charge is 0.256 e. The molecule has 1 amide bonds. The van der Waals surface area contributed by atoms with E-state index in [1.807, 2.05) is 71.4 Å². The number of halogens is 1. The second kappa shape index (κ2) is 8.63. The van der Waals surface area contributed by atoms with Gasteiger partial charge in [-0.05, 0) is 36.4 Å². The molecule has 0 aliphatic carbocycles. The predicted octanol–water partition coefficient (Wildman–Crippen LogP) is 5.36. The van der Waals surface area contributed by atoms with Gasteiger partial charge in [-0.15, -0.1) is 0 Å². The van der Waals surface area contributed by atoms with Crippen molar-refractivity contribution in [1.82, 2.24) is 9.55 Å². The van der Waals surface area contributed by atoms with Crippen LogP contribution in [0, 0.1) is 0 Å². The molecule has 0 atom stereocenters. The van der Waals surface area contributed by atoms with Crippen LogP contribution in [0.15, 0.2) is 91.5 Å². The van der Waals surface area contributed by atoms with Crippen molar-refractivity contribution in [1.29, 1.82) is 0 Å². The summed E-state index contributed by atoms with van der Waals surface area (Å²) in [7, 11) is 0. The van der Waals surface area contributed by atoms with Crippen molar-refractivity contribution in [3.8, 4) is 11.4 Å². The van der Waals surface area contributed by atoms with Crippen molar-refractivity contribution in [2.45, 2.75) is 6.61 Å². The molecule has 3 aromatic carbocycles. The number of nitrogens with zero attached hydrogens (tertiary/aromatic N) is 2. The molecule has 0 aliphatic rings. The zero-order chi connectivity index (χ0) is 20.1. The van der Waals surface area contributed by atoms with Gasteiger partial charge in [0.1, 0.15) is 12.4 Å². The van der Waals surface area contributed by atoms with Crippen LogP contribution in [-0.2, 0) is 6.61 Å². The molecule has 0 bridgehead atoms. The van der Waals surface area contributed by atoms with E-state index in [9.17, 15) is 4.79 Å². The Morgan fingerprint density at radius 1 is 1.03 bits per heavy atom. The van der Waals surface area contributed by atoms with E-state index in [2.05, 4.69) is 10.3 Å². The van der Waals surface area contributed by atoms with Crippen LogP contribution in [0.25, 0.3) is 5.69 Å². The van der Waals surface area contributed by atoms with Crippen LogP contribution in [0.4, 0.5) is 5.69 Å². The number of nitrogens with one attached hydrogen (secondary N) is 1. The van der Waals surface area contributed by atoms with Crippen molar-refractivity contribution < 1.29 is 9.53 Å². The normalized spacial score (nSPS) is 10.5. The molecule has 1 aromatic heterocycles. The number of imidazole rings is 1. The highest BCUT2D eigenvalue weighted by atomic mass is 35.5. The topological polar surface area (TPSA) is 56.2 Å². The minimum atomic E-state index is -0.219. The molecule has 4 rings (SSSR count). The van der Waals surface area contributed by atoms with E-state index in [1.165, 1.54) is 0 Å². The zero-order valence-corrected chi connectivity index (χ0v) is 16.2. The van der Waals surface area contributed by atoms with E-state index in [0.717, 1.165) is 17.0 Å². The molecule has 0 spiro atoms. The minimum absolute atomic E-state index is 0.219. The molecule has 0 radical (unpaired) electrons. The number of rotatable bonds is 6. The molecule has 144 valence electrons. The van der Waals surface area contributed by atoms with Gasteiger partial charge < -0.3 is 14.6 Å². The van der Waals surface area contributed by atoms with E-state index in [1.54, 1.807) is 24.7 Å². The van der Waals surface area contributed by atoms with Crippen LogP contribution >= 0.6 is 11.6 Å². The van der Waals surface area contributed by atoms with Crippen LogP contribution in [0.5, 0.6) is 5.75 Å². The Morgan fingerprint density at radius 2 is 1.83 bits per heavy atom. The van der Waals surface area contributed by atoms with Crippen molar-refractivity contribution in [2.24, 2.45) is 0 Å². The summed E-state index contributed by atoms with van der Waals surface area (Å²) in [6, 6.07) is 22.2. The minimum Gasteiger partial charge on any atom is -0.489 e. The highest BCUT2D eigenvalue weighted by Crippen LogP contribution is 2.25. The summed E-state index contributed by atoms with van der Waals surface area (Å²) in [6.07, 6.45) is 5.16. The number of anilines is 1. The van der Waals surface area contributed by atoms with Gasteiger partial charge in [0.25, 0.3) is 5.91 Å². The van der Waals surface area contributed by atoms with Crippen LogP contribution in [0.1, 0.15) is 15.9 Å². The average Bonchev–Trinajstić information content (AvgIpc) is 3.28.